The highest BCUT2D eigenvalue weighted by molar-refractivity contribution is 9.11. The summed E-state index contributed by atoms with van der Waals surface area (Å²) in [4.78, 5) is 0.463. The van der Waals surface area contributed by atoms with E-state index in [1.807, 2.05) is 6.92 Å². The topological polar surface area (TPSA) is 72.2 Å². The van der Waals surface area contributed by atoms with Gasteiger partial charge in [-0.1, -0.05) is 28.1 Å². The molecule has 0 atom stereocenters. The molecule has 0 saturated heterocycles. The molecule has 8 heteroatoms. The molecule has 1 aromatic rings. The number of rotatable bonds is 5. The lowest BCUT2D eigenvalue weighted by Gasteiger charge is -2.10. The number of thiocarbonyl (C=S) groups is 1. The first-order valence-electron chi connectivity index (χ1n) is 4.97. The molecule has 0 unspecified atom stereocenters. The van der Waals surface area contributed by atoms with E-state index in [4.69, 9.17) is 18.0 Å². The maximum absolute atomic E-state index is 12.1. The first-order chi connectivity index (χ1) is 8.24. The number of aryl methyl sites for hydroxylation is 1. The zero-order chi connectivity index (χ0) is 13.9. The normalized spacial score (nSPS) is 11.5. The highest BCUT2D eigenvalue weighted by Gasteiger charge is 2.18. The monoisotopic (exact) mass is 414 g/mol. The minimum absolute atomic E-state index is 0.183. The van der Waals surface area contributed by atoms with Gasteiger partial charge in [-0.25, -0.2) is 13.1 Å². The number of nitrogens with one attached hydrogen (secondary N) is 1. The average molecular weight is 416 g/mol. The molecule has 0 radical (unpaired) electrons. The molecule has 0 heterocycles. The van der Waals surface area contributed by atoms with Crippen LogP contribution in [0.4, 0.5) is 0 Å². The van der Waals surface area contributed by atoms with E-state index in [0.29, 0.717) is 10.9 Å². The van der Waals surface area contributed by atoms with Crippen LogP contribution < -0.4 is 10.5 Å². The summed E-state index contributed by atoms with van der Waals surface area (Å²) in [5, 5.41) is 0. The largest absolute Gasteiger partial charge is 0.393 e. The summed E-state index contributed by atoms with van der Waals surface area (Å²) < 4.78 is 27.8. The van der Waals surface area contributed by atoms with E-state index in [-0.39, 0.29) is 16.4 Å². The number of halogens is 2. The van der Waals surface area contributed by atoms with Gasteiger partial charge >= 0.3 is 0 Å². The highest BCUT2D eigenvalue weighted by Crippen LogP contribution is 2.28. The lowest BCUT2D eigenvalue weighted by molar-refractivity contribution is 0.582. The third kappa shape index (κ3) is 4.27. The van der Waals surface area contributed by atoms with E-state index in [1.54, 1.807) is 12.1 Å². The molecule has 0 aromatic heterocycles. The van der Waals surface area contributed by atoms with Gasteiger partial charge in [-0.15, -0.1) is 0 Å². The van der Waals surface area contributed by atoms with Crippen LogP contribution in [0.15, 0.2) is 26.0 Å². The summed E-state index contributed by atoms with van der Waals surface area (Å²) in [5.74, 6) is 0. The number of hydrogen-bond acceptors (Lipinski definition) is 3. The van der Waals surface area contributed by atoms with E-state index >= 15 is 0 Å². The number of sulfonamides is 1. The summed E-state index contributed by atoms with van der Waals surface area (Å²) in [7, 11) is -3.57. The van der Waals surface area contributed by atoms with Crippen LogP contribution in [0.1, 0.15) is 12.0 Å². The van der Waals surface area contributed by atoms with Crippen LogP contribution in [0.2, 0.25) is 0 Å². The minimum Gasteiger partial charge on any atom is -0.393 e. The highest BCUT2D eigenvalue weighted by atomic mass is 79.9. The standard InChI is InChI=1S/C10H12Br2N2O2S2/c1-6-4-8(12)9(5-7(6)11)18(15,16)14-3-2-10(13)17/h4-5,14H,2-3H2,1H3,(H2,13,17). The van der Waals surface area contributed by atoms with Crippen molar-refractivity contribution in [2.45, 2.75) is 18.2 Å². The van der Waals surface area contributed by atoms with E-state index in [0.717, 1.165) is 10.0 Å². The molecule has 0 fully saturated rings. The molecular weight excluding hydrogens is 404 g/mol. The van der Waals surface area contributed by atoms with Gasteiger partial charge in [-0.2, -0.15) is 0 Å². The third-order valence-electron chi connectivity index (χ3n) is 2.17. The van der Waals surface area contributed by atoms with E-state index in [9.17, 15) is 8.42 Å². The fourth-order valence-corrected chi connectivity index (χ4v) is 4.03. The average Bonchev–Trinajstić information content (AvgIpc) is 2.22. The Balaban J connectivity index is 2.98. The Hall–Kier alpha value is -0.0200. The van der Waals surface area contributed by atoms with Crippen LogP contribution in [0.5, 0.6) is 0 Å². The summed E-state index contributed by atoms with van der Waals surface area (Å²) >= 11 is 11.2. The lowest BCUT2D eigenvalue weighted by atomic mass is 10.2. The fourth-order valence-electron chi connectivity index (χ4n) is 1.22. The molecule has 0 amide bonds. The van der Waals surface area contributed by atoms with Gasteiger partial charge < -0.3 is 5.73 Å². The smallest absolute Gasteiger partial charge is 0.241 e. The molecule has 1 rings (SSSR count). The molecule has 1 aromatic carbocycles. The van der Waals surface area contributed by atoms with E-state index in [2.05, 4.69) is 36.6 Å². The van der Waals surface area contributed by atoms with Crippen LogP contribution >= 0.6 is 44.1 Å². The second kappa shape index (κ2) is 6.42. The first kappa shape index (κ1) is 16.0. The second-order valence-corrected chi connectivity index (χ2v) is 7.61. The van der Waals surface area contributed by atoms with E-state index < -0.39 is 10.0 Å². The van der Waals surface area contributed by atoms with Crippen molar-refractivity contribution in [3.8, 4) is 0 Å². The van der Waals surface area contributed by atoms with Gasteiger partial charge in [0.1, 0.15) is 0 Å². The Kier molecular flexibility index (Phi) is 5.72. The summed E-state index contributed by atoms with van der Waals surface area (Å²) in [6.07, 6.45) is 0.333. The molecule has 100 valence electrons. The van der Waals surface area contributed by atoms with Gasteiger partial charge in [0.2, 0.25) is 10.0 Å². The van der Waals surface area contributed by atoms with Gasteiger partial charge in [0.15, 0.2) is 0 Å². The van der Waals surface area contributed by atoms with Crippen molar-refractivity contribution >= 4 is 59.1 Å². The van der Waals surface area contributed by atoms with Crippen LogP contribution in [0, 0.1) is 6.92 Å². The molecule has 0 aliphatic carbocycles. The second-order valence-electron chi connectivity index (χ2n) is 3.65. The molecule has 0 spiro atoms. The van der Waals surface area contributed by atoms with Gasteiger partial charge in [-0.3, -0.25) is 0 Å². The van der Waals surface area contributed by atoms with Crippen LogP contribution in [-0.4, -0.2) is 20.0 Å². The maximum atomic E-state index is 12.1. The molecule has 0 aliphatic rings. The number of hydrogen-bond donors (Lipinski definition) is 2. The Labute approximate surface area is 129 Å². The predicted molar refractivity (Wildman–Crippen MR) is 83.2 cm³/mol. The molecule has 0 bridgehead atoms. The zero-order valence-corrected chi connectivity index (χ0v) is 14.3. The van der Waals surface area contributed by atoms with Crippen molar-refractivity contribution in [3.05, 3.63) is 26.6 Å². The molecule has 0 saturated carbocycles. The van der Waals surface area contributed by atoms with Gasteiger partial charge in [-0.05, 0) is 40.5 Å². The van der Waals surface area contributed by atoms with Gasteiger partial charge in [0.05, 0.1) is 9.88 Å². The quantitative estimate of drug-likeness (QED) is 0.724. The Morgan fingerprint density at radius 3 is 2.56 bits per heavy atom. The summed E-state index contributed by atoms with van der Waals surface area (Å²) in [5.41, 5.74) is 6.26. The van der Waals surface area contributed by atoms with Crippen LogP contribution in [0.3, 0.4) is 0 Å². The van der Waals surface area contributed by atoms with Gasteiger partial charge in [0.25, 0.3) is 0 Å². The van der Waals surface area contributed by atoms with Crippen molar-refractivity contribution < 1.29 is 8.42 Å². The molecule has 4 nitrogen and oxygen atoms in total. The van der Waals surface area contributed by atoms with Crippen molar-refractivity contribution in [2.24, 2.45) is 5.73 Å². The van der Waals surface area contributed by atoms with Gasteiger partial charge in [0, 0.05) is 21.9 Å². The Bertz CT molecular complexity index is 573. The molecule has 0 aliphatic heterocycles. The number of nitrogens with two attached hydrogens (primary N) is 1. The van der Waals surface area contributed by atoms with Crippen molar-refractivity contribution in [2.75, 3.05) is 6.54 Å². The van der Waals surface area contributed by atoms with Crippen LogP contribution in [0.25, 0.3) is 0 Å². The molecule has 18 heavy (non-hydrogen) atoms. The van der Waals surface area contributed by atoms with Crippen LogP contribution in [-0.2, 0) is 10.0 Å². The zero-order valence-electron chi connectivity index (χ0n) is 9.54. The van der Waals surface area contributed by atoms with Crippen molar-refractivity contribution in [1.82, 2.24) is 4.72 Å². The molecule has 3 N–H and O–H groups in total. The third-order valence-corrected chi connectivity index (χ3v) is 5.64. The Morgan fingerprint density at radius 1 is 1.39 bits per heavy atom. The fraction of sp³-hybridized carbons (Fsp3) is 0.300. The SMILES string of the molecule is Cc1cc(Br)c(S(=O)(=O)NCCC(N)=S)cc1Br. The van der Waals surface area contributed by atoms with Crippen molar-refractivity contribution in [3.63, 3.8) is 0 Å². The Morgan fingerprint density at radius 2 is 2.00 bits per heavy atom. The summed E-state index contributed by atoms with van der Waals surface area (Å²) in [6, 6.07) is 3.30. The number of benzene rings is 1. The maximum Gasteiger partial charge on any atom is 0.241 e. The van der Waals surface area contributed by atoms with E-state index in [1.165, 1.54) is 0 Å². The minimum atomic E-state index is -3.57. The van der Waals surface area contributed by atoms with Crippen molar-refractivity contribution in [1.29, 1.82) is 0 Å². The lowest BCUT2D eigenvalue weighted by Crippen LogP contribution is -2.27. The predicted octanol–water partition coefficient (Wildman–Crippen LogP) is 2.47. The summed E-state index contributed by atoms with van der Waals surface area (Å²) in [6.45, 7) is 2.07. The first-order valence-corrected chi connectivity index (χ1v) is 8.45. The molecular formula is C10H12Br2N2O2S2.